The second kappa shape index (κ2) is 3.75. The molecule has 0 aliphatic heterocycles. The fraction of sp³-hybridized carbons (Fsp3) is 0.667. The number of aromatic nitrogens is 3. The van der Waals surface area contributed by atoms with Gasteiger partial charge < -0.3 is 21.1 Å². The molecule has 7 nitrogen and oxygen atoms in total. The largest absolute Gasteiger partial charge is 0.394 e. The van der Waals surface area contributed by atoms with Crippen LogP contribution in [0, 0.1) is 0 Å². The molecule has 1 aromatic rings. The van der Waals surface area contributed by atoms with Gasteiger partial charge in [0.15, 0.2) is 0 Å². The summed E-state index contributed by atoms with van der Waals surface area (Å²) in [6.07, 6.45) is 1.85. The summed E-state index contributed by atoms with van der Waals surface area (Å²) < 4.78 is 0. The van der Waals surface area contributed by atoms with Crippen molar-refractivity contribution >= 4 is 17.8 Å². The summed E-state index contributed by atoms with van der Waals surface area (Å²) in [7, 11) is 3.66. The summed E-state index contributed by atoms with van der Waals surface area (Å²) in [4.78, 5) is 13.9. The molecule has 1 fully saturated rings. The van der Waals surface area contributed by atoms with E-state index in [1.54, 1.807) is 4.90 Å². The Bertz CT molecular complexity index is 390. The normalized spacial score (nSPS) is 16.9. The highest BCUT2D eigenvalue weighted by molar-refractivity contribution is 5.43. The van der Waals surface area contributed by atoms with Gasteiger partial charge in [-0.15, -0.1) is 0 Å². The summed E-state index contributed by atoms with van der Waals surface area (Å²) in [5.74, 6) is 1.10. The first kappa shape index (κ1) is 10.9. The molecule has 1 heterocycles. The molecule has 2 rings (SSSR count). The van der Waals surface area contributed by atoms with Crippen LogP contribution >= 0.6 is 0 Å². The number of hydrogen-bond donors (Lipinski definition) is 3. The third-order valence-corrected chi connectivity index (χ3v) is 2.57. The van der Waals surface area contributed by atoms with E-state index in [2.05, 4.69) is 20.3 Å². The van der Waals surface area contributed by atoms with Gasteiger partial charge in [-0.3, -0.25) is 0 Å². The van der Waals surface area contributed by atoms with E-state index in [9.17, 15) is 5.11 Å². The van der Waals surface area contributed by atoms with Crippen LogP contribution in [-0.4, -0.2) is 46.3 Å². The molecule has 0 amide bonds. The number of rotatable bonds is 4. The lowest BCUT2D eigenvalue weighted by Gasteiger charge is -2.16. The zero-order valence-corrected chi connectivity index (χ0v) is 9.43. The van der Waals surface area contributed by atoms with Gasteiger partial charge in [-0.25, -0.2) is 0 Å². The van der Waals surface area contributed by atoms with E-state index in [1.165, 1.54) is 0 Å². The molecule has 0 atom stereocenters. The standard InChI is InChI=1S/C9H16N6O/c1-15(2)8-12-6(10)11-7(13-8)14-9(5-16)3-4-9/h16H,3-5H2,1-2H3,(H3,10,11,12,13,14). The van der Waals surface area contributed by atoms with Crippen LogP contribution in [0.5, 0.6) is 0 Å². The van der Waals surface area contributed by atoms with Crippen LogP contribution in [0.15, 0.2) is 0 Å². The van der Waals surface area contributed by atoms with Gasteiger partial charge in [-0.2, -0.15) is 15.0 Å². The first-order chi connectivity index (χ1) is 7.54. The SMILES string of the molecule is CN(C)c1nc(N)nc(NC2(CO)CC2)n1. The van der Waals surface area contributed by atoms with Crippen molar-refractivity contribution in [3.05, 3.63) is 0 Å². The molecular weight excluding hydrogens is 208 g/mol. The van der Waals surface area contributed by atoms with Crippen LogP contribution in [0.4, 0.5) is 17.8 Å². The minimum absolute atomic E-state index is 0.0793. The average Bonchev–Trinajstić information content (AvgIpc) is 2.97. The van der Waals surface area contributed by atoms with Gasteiger partial charge in [0.05, 0.1) is 12.1 Å². The fourth-order valence-electron chi connectivity index (χ4n) is 1.35. The van der Waals surface area contributed by atoms with E-state index < -0.39 is 0 Å². The lowest BCUT2D eigenvalue weighted by Crippen LogP contribution is -2.27. The maximum atomic E-state index is 9.19. The number of nitrogens with one attached hydrogen (secondary N) is 1. The number of anilines is 3. The van der Waals surface area contributed by atoms with Gasteiger partial charge >= 0.3 is 0 Å². The van der Waals surface area contributed by atoms with E-state index >= 15 is 0 Å². The molecule has 4 N–H and O–H groups in total. The van der Waals surface area contributed by atoms with Crippen molar-refractivity contribution in [3.63, 3.8) is 0 Å². The summed E-state index contributed by atoms with van der Waals surface area (Å²) in [6, 6.07) is 0. The molecule has 1 saturated carbocycles. The second-order valence-corrected chi connectivity index (χ2v) is 4.28. The van der Waals surface area contributed by atoms with Crippen LogP contribution in [0.1, 0.15) is 12.8 Å². The Kier molecular flexibility index (Phi) is 2.55. The van der Waals surface area contributed by atoms with Crippen LogP contribution < -0.4 is 16.0 Å². The first-order valence-electron chi connectivity index (χ1n) is 5.13. The molecule has 88 valence electrons. The Labute approximate surface area is 93.7 Å². The minimum Gasteiger partial charge on any atom is -0.394 e. The van der Waals surface area contributed by atoms with Gasteiger partial charge in [-0.1, -0.05) is 0 Å². The van der Waals surface area contributed by atoms with E-state index in [-0.39, 0.29) is 18.1 Å². The second-order valence-electron chi connectivity index (χ2n) is 4.28. The summed E-state index contributed by atoms with van der Waals surface area (Å²) in [5, 5.41) is 12.3. The maximum absolute atomic E-state index is 9.19. The molecule has 0 radical (unpaired) electrons. The first-order valence-corrected chi connectivity index (χ1v) is 5.13. The fourth-order valence-corrected chi connectivity index (χ4v) is 1.35. The predicted molar refractivity (Wildman–Crippen MR) is 61.2 cm³/mol. The quantitative estimate of drug-likeness (QED) is 0.631. The number of nitrogen functional groups attached to an aromatic ring is 1. The summed E-state index contributed by atoms with van der Waals surface area (Å²) in [6.45, 7) is 0.0793. The summed E-state index contributed by atoms with van der Waals surface area (Å²) >= 11 is 0. The van der Waals surface area contributed by atoms with Crippen molar-refractivity contribution in [2.75, 3.05) is 36.7 Å². The molecule has 1 aliphatic carbocycles. The lowest BCUT2D eigenvalue weighted by molar-refractivity contribution is 0.265. The van der Waals surface area contributed by atoms with Crippen molar-refractivity contribution in [2.24, 2.45) is 0 Å². The monoisotopic (exact) mass is 224 g/mol. The molecule has 0 aromatic carbocycles. The molecular formula is C9H16N6O. The van der Waals surface area contributed by atoms with Gasteiger partial charge in [0.25, 0.3) is 0 Å². The van der Waals surface area contributed by atoms with Crippen LogP contribution in [0.3, 0.4) is 0 Å². The molecule has 0 spiro atoms. The highest BCUT2D eigenvalue weighted by Gasteiger charge is 2.42. The Morgan fingerprint density at radius 3 is 2.56 bits per heavy atom. The smallest absolute Gasteiger partial charge is 0.231 e. The number of aliphatic hydroxyl groups excluding tert-OH is 1. The van der Waals surface area contributed by atoms with E-state index in [1.807, 2.05) is 14.1 Å². The molecule has 0 unspecified atom stereocenters. The highest BCUT2D eigenvalue weighted by atomic mass is 16.3. The number of aliphatic hydroxyl groups is 1. The summed E-state index contributed by atoms with van der Waals surface area (Å²) in [5.41, 5.74) is 5.33. The Morgan fingerprint density at radius 2 is 2.06 bits per heavy atom. The lowest BCUT2D eigenvalue weighted by atomic mass is 10.3. The molecule has 0 bridgehead atoms. The van der Waals surface area contributed by atoms with Gasteiger partial charge in [-0.05, 0) is 12.8 Å². The number of nitrogens with two attached hydrogens (primary N) is 1. The van der Waals surface area contributed by atoms with Crippen LogP contribution in [0.2, 0.25) is 0 Å². The van der Waals surface area contributed by atoms with Crippen molar-refractivity contribution < 1.29 is 5.11 Å². The zero-order chi connectivity index (χ0) is 11.8. The van der Waals surface area contributed by atoms with E-state index in [0.29, 0.717) is 11.9 Å². The van der Waals surface area contributed by atoms with E-state index in [4.69, 9.17) is 5.73 Å². The van der Waals surface area contributed by atoms with E-state index in [0.717, 1.165) is 12.8 Å². The molecule has 1 aromatic heterocycles. The van der Waals surface area contributed by atoms with Crippen LogP contribution in [0.25, 0.3) is 0 Å². The predicted octanol–water partition coefficient (Wildman–Crippen LogP) is -0.543. The third-order valence-electron chi connectivity index (χ3n) is 2.57. The third kappa shape index (κ3) is 2.13. The van der Waals surface area contributed by atoms with Gasteiger partial charge in [0.2, 0.25) is 17.8 Å². The Balaban J connectivity index is 2.21. The van der Waals surface area contributed by atoms with Crippen molar-refractivity contribution in [1.82, 2.24) is 15.0 Å². The van der Waals surface area contributed by atoms with Crippen molar-refractivity contribution in [1.29, 1.82) is 0 Å². The topological polar surface area (TPSA) is 100 Å². The van der Waals surface area contributed by atoms with Gasteiger partial charge in [0.1, 0.15) is 0 Å². The molecule has 7 heteroatoms. The molecule has 0 saturated heterocycles. The van der Waals surface area contributed by atoms with Crippen molar-refractivity contribution in [2.45, 2.75) is 18.4 Å². The number of nitrogens with zero attached hydrogens (tertiary/aromatic N) is 4. The van der Waals surface area contributed by atoms with Gasteiger partial charge in [0, 0.05) is 14.1 Å². The number of hydrogen-bond acceptors (Lipinski definition) is 7. The molecule has 16 heavy (non-hydrogen) atoms. The zero-order valence-electron chi connectivity index (χ0n) is 9.43. The maximum Gasteiger partial charge on any atom is 0.231 e. The Hall–Kier alpha value is -1.63. The van der Waals surface area contributed by atoms with Crippen LogP contribution in [-0.2, 0) is 0 Å². The average molecular weight is 224 g/mol. The molecule has 1 aliphatic rings. The Morgan fingerprint density at radius 1 is 1.38 bits per heavy atom. The van der Waals surface area contributed by atoms with Crippen molar-refractivity contribution in [3.8, 4) is 0 Å². The highest BCUT2D eigenvalue weighted by Crippen LogP contribution is 2.37. The minimum atomic E-state index is -0.253.